The molecule has 0 saturated carbocycles. The van der Waals surface area contributed by atoms with E-state index in [1.165, 1.54) is 16.4 Å². The number of primary amides is 1. The number of rotatable bonds is 5. The molecule has 0 unspecified atom stereocenters. The van der Waals surface area contributed by atoms with Crippen LogP contribution in [0.3, 0.4) is 0 Å². The first-order valence-electron chi connectivity index (χ1n) is 5.07. The highest BCUT2D eigenvalue weighted by atomic mass is 32.2. The molecule has 0 atom stereocenters. The summed E-state index contributed by atoms with van der Waals surface area (Å²) in [6.45, 7) is 0.877. The van der Waals surface area contributed by atoms with Gasteiger partial charge in [0.25, 0.3) is 0 Å². The number of nitrogen functional groups attached to an aromatic ring is 1. The fourth-order valence-corrected chi connectivity index (χ4v) is 3.72. The van der Waals surface area contributed by atoms with Gasteiger partial charge in [0, 0.05) is 5.75 Å². The average molecular weight is 304 g/mol. The summed E-state index contributed by atoms with van der Waals surface area (Å²) in [6.07, 6.45) is 0. The number of carbonyl (C=O) groups excluding carboxylic acids is 1. The highest BCUT2D eigenvalue weighted by Gasteiger charge is 2.14. The lowest BCUT2D eigenvalue weighted by Crippen LogP contribution is -2.17. The maximum Gasteiger partial charge on any atom is 0.227 e. The van der Waals surface area contributed by atoms with Crippen molar-refractivity contribution in [3.63, 3.8) is 0 Å². The Morgan fingerprint density at radius 2 is 2.28 bits per heavy atom. The van der Waals surface area contributed by atoms with Crippen LogP contribution < -0.4 is 11.6 Å². The monoisotopic (exact) mass is 304 g/mol. The van der Waals surface area contributed by atoms with Crippen LogP contribution in [-0.2, 0) is 10.5 Å². The van der Waals surface area contributed by atoms with Crippen LogP contribution in [0.15, 0.2) is 10.1 Å². The molecule has 2 heterocycles. The lowest BCUT2D eigenvalue weighted by molar-refractivity contribution is -0.115. The zero-order chi connectivity index (χ0) is 13.0. The quantitative estimate of drug-likeness (QED) is 0.577. The third-order valence-electron chi connectivity index (χ3n) is 1.96. The molecule has 1 amide bonds. The van der Waals surface area contributed by atoms with Crippen LogP contribution in [0.4, 0.5) is 0 Å². The first kappa shape index (κ1) is 13.6. The van der Waals surface area contributed by atoms with Crippen molar-refractivity contribution in [1.29, 1.82) is 0 Å². The van der Waals surface area contributed by atoms with Crippen molar-refractivity contribution >= 4 is 45.6 Å². The molecule has 1 aromatic rings. The van der Waals surface area contributed by atoms with Crippen LogP contribution in [0.1, 0.15) is 5.82 Å². The SMILES string of the molecule is NC(=O)CSc1nnc(CSC2=NCCS2)n1N. The Morgan fingerprint density at radius 3 is 2.94 bits per heavy atom. The Labute approximate surface area is 117 Å². The van der Waals surface area contributed by atoms with E-state index in [0.717, 1.165) is 16.7 Å². The topological polar surface area (TPSA) is 112 Å². The van der Waals surface area contributed by atoms with Crippen molar-refractivity contribution in [2.45, 2.75) is 10.9 Å². The molecule has 1 aliphatic heterocycles. The third kappa shape index (κ3) is 3.56. The zero-order valence-electron chi connectivity index (χ0n) is 9.40. The fourth-order valence-electron chi connectivity index (χ4n) is 1.17. The highest BCUT2D eigenvalue weighted by molar-refractivity contribution is 8.38. The minimum Gasteiger partial charge on any atom is -0.369 e. The van der Waals surface area contributed by atoms with Crippen LogP contribution in [0.5, 0.6) is 0 Å². The van der Waals surface area contributed by atoms with Gasteiger partial charge in [0.1, 0.15) is 4.38 Å². The predicted octanol–water partition coefficient (Wildman–Crippen LogP) is -0.0947. The van der Waals surface area contributed by atoms with Gasteiger partial charge in [-0.3, -0.25) is 9.79 Å². The Hall–Kier alpha value is -0.870. The molecule has 2 rings (SSSR count). The number of nitrogens with two attached hydrogens (primary N) is 2. The summed E-state index contributed by atoms with van der Waals surface area (Å²) in [5, 5.41) is 8.39. The average Bonchev–Trinajstić information content (AvgIpc) is 2.94. The maximum atomic E-state index is 10.7. The molecule has 0 saturated heterocycles. The van der Waals surface area contributed by atoms with Crippen LogP contribution >= 0.6 is 35.3 Å². The van der Waals surface area contributed by atoms with E-state index < -0.39 is 5.91 Å². The second-order valence-corrected chi connectivity index (χ2v) is 6.56. The lowest BCUT2D eigenvalue weighted by atomic mass is 10.7. The second kappa shape index (κ2) is 6.34. The Bertz CT molecular complexity index is 473. The van der Waals surface area contributed by atoms with Crippen LogP contribution in [0.2, 0.25) is 0 Å². The number of carbonyl (C=O) groups is 1. The molecule has 4 N–H and O–H groups in total. The van der Waals surface area contributed by atoms with Crippen molar-refractivity contribution in [1.82, 2.24) is 14.9 Å². The van der Waals surface area contributed by atoms with E-state index in [9.17, 15) is 4.79 Å². The van der Waals surface area contributed by atoms with E-state index in [1.54, 1.807) is 23.5 Å². The number of hydrogen-bond acceptors (Lipinski definition) is 8. The van der Waals surface area contributed by atoms with Gasteiger partial charge >= 0.3 is 0 Å². The molecular formula is C8H12N6OS3. The largest absolute Gasteiger partial charge is 0.369 e. The molecule has 0 aliphatic carbocycles. The fraction of sp³-hybridized carbons (Fsp3) is 0.500. The van der Waals surface area contributed by atoms with Crippen molar-refractivity contribution in [3.8, 4) is 0 Å². The van der Waals surface area contributed by atoms with Gasteiger partial charge in [-0.15, -0.1) is 10.2 Å². The molecule has 18 heavy (non-hydrogen) atoms. The number of nitrogens with zero attached hydrogens (tertiary/aromatic N) is 4. The van der Waals surface area contributed by atoms with Gasteiger partial charge in [0.05, 0.1) is 18.1 Å². The number of aromatic nitrogens is 3. The van der Waals surface area contributed by atoms with Gasteiger partial charge in [0.15, 0.2) is 5.82 Å². The van der Waals surface area contributed by atoms with E-state index in [4.69, 9.17) is 11.6 Å². The molecule has 0 bridgehead atoms. The molecule has 0 fully saturated rings. The minimum atomic E-state index is -0.407. The molecular weight excluding hydrogens is 292 g/mol. The summed E-state index contributed by atoms with van der Waals surface area (Å²) < 4.78 is 2.45. The van der Waals surface area contributed by atoms with Gasteiger partial charge in [-0.2, -0.15) is 0 Å². The van der Waals surface area contributed by atoms with Crippen molar-refractivity contribution in [2.75, 3.05) is 23.9 Å². The van der Waals surface area contributed by atoms with Crippen molar-refractivity contribution in [3.05, 3.63) is 5.82 Å². The Morgan fingerprint density at radius 1 is 1.44 bits per heavy atom. The summed E-state index contributed by atoms with van der Waals surface area (Å²) in [6, 6.07) is 0. The molecule has 0 spiro atoms. The Balaban J connectivity index is 1.90. The zero-order valence-corrected chi connectivity index (χ0v) is 11.9. The number of aliphatic imine (C=N–C) groups is 1. The van der Waals surface area contributed by atoms with Crippen molar-refractivity contribution in [2.24, 2.45) is 10.7 Å². The van der Waals surface area contributed by atoms with E-state index in [2.05, 4.69) is 15.2 Å². The van der Waals surface area contributed by atoms with Gasteiger partial charge in [-0.25, -0.2) is 4.68 Å². The maximum absolute atomic E-state index is 10.7. The summed E-state index contributed by atoms with van der Waals surface area (Å²) in [7, 11) is 0. The van der Waals surface area contributed by atoms with Crippen LogP contribution in [-0.4, -0.2) is 43.2 Å². The van der Waals surface area contributed by atoms with Crippen LogP contribution in [0, 0.1) is 0 Å². The summed E-state index contributed by atoms with van der Waals surface area (Å²) in [5.41, 5.74) is 5.06. The highest BCUT2D eigenvalue weighted by Crippen LogP contribution is 2.25. The van der Waals surface area contributed by atoms with E-state index in [0.29, 0.717) is 16.7 Å². The van der Waals surface area contributed by atoms with Crippen LogP contribution in [0.25, 0.3) is 0 Å². The summed E-state index contributed by atoms with van der Waals surface area (Å²) >= 11 is 4.51. The first-order valence-corrected chi connectivity index (χ1v) is 8.03. The van der Waals surface area contributed by atoms with Gasteiger partial charge in [-0.1, -0.05) is 35.3 Å². The van der Waals surface area contributed by atoms with Gasteiger partial charge in [0.2, 0.25) is 11.1 Å². The Kier molecular flexibility index (Phi) is 4.78. The van der Waals surface area contributed by atoms with E-state index in [-0.39, 0.29) is 5.75 Å². The van der Waals surface area contributed by atoms with Crippen molar-refractivity contribution < 1.29 is 4.79 Å². The molecule has 1 aromatic heterocycles. The second-order valence-electron chi connectivity index (χ2n) is 3.31. The standard InChI is InChI=1S/C8H12N6OS3/c9-5(15)3-17-7-13-12-6(14(7)10)4-18-8-11-1-2-16-8/h1-4,10H2,(H2,9,15). The number of amides is 1. The van der Waals surface area contributed by atoms with E-state index >= 15 is 0 Å². The molecule has 0 radical (unpaired) electrons. The third-order valence-corrected chi connectivity index (χ3v) is 5.17. The molecule has 0 aromatic carbocycles. The molecule has 1 aliphatic rings. The van der Waals surface area contributed by atoms with Gasteiger partial charge < -0.3 is 11.6 Å². The summed E-state index contributed by atoms with van der Waals surface area (Å²) in [5.74, 6) is 7.88. The lowest BCUT2D eigenvalue weighted by Gasteiger charge is -2.02. The predicted molar refractivity (Wildman–Crippen MR) is 76.1 cm³/mol. The van der Waals surface area contributed by atoms with E-state index in [1.807, 2.05) is 0 Å². The summed E-state index contributed by atoms with van der Waals surface area (Å²) in [4.78, 5) is 15.0. The molecule has 10 heteroatoms. The molecule has 7 nitrogen and oxygen atoms in total. The van der Waals surface area contributed by atoms with Gasteiger partial charge in [-0.05, 0) is 0 Å². The smallest absolute Gasteiger partial charge is 0.227 e. The number of hydrogen-bond donors (Lipinski definition) is 2. The molecule has 98 valence electrons. The number of thioether (sulfide) groups is 3. The first-order chi connectivity index (χ1) is 8.66. The minimum absolute atomic E-state index is 0.144. The normalized spacial score (nSPS) is 14.8.